The number of amides is 1. The third-order valence-electron chi connectivity index (χ3n) is 5.04. The van der Waals surface area contributed by atoms with Gasteiger partial charge in [-0.3, -0.25) is 9.59 Å². The van der Waals surface area contributed by atoms with Gasteiger partial charge in [0, 0.05) is 38.6 Å². The van der Waals surface area contributed by atoms with Crippen molar-refractivity contribution in [3.05, 3.63) is 39.0 Å². The zero-order chi connectivity index (χ0) is 24.7. The van der Waals surface area contributed by atoms with Crippen molar-refractivity contribution in [1.82, 2.24) is 25.1 Å². The summed E-state index contributed by atoms with van der Waals surface area (Å²) in [5, 5.41) is 18.4. The van der Waals surface area contributed by atoms with E-state index in [1.165, 1.54) is 6.20 Å². The maximum absolute atomic E-state index is 12.6. The summed E-state index contributed by atoms with van der Waals surface area (Å²) < 4.78 is 43.7. The van der Waals surface area contributed by atoms with Crippen LogP contribution in [0.1, 0.15) is 12.0 Å². The van der Waals surface area contributed by atoms with Gasteiger partial charge in [0.25, 0.3) is 5.56 Å². The van der Waals surface area contributed by atoms with Crippen LogP contribution in [-0.2, 0) is 15.7 Å². The van der Waals surface area contributed by atoms with Crippen LogP contribution in [0.25, 0.3) is 0 Å². The number of H-pyrrole nitrogens is 1. The molecule has 15 heteroatoms. The van der Waals surface area contributed by atoms with Crippen molar-refractivity contribution in [1.29, 1.82) is 0 Å². The van der Waals surface area contributed by atoms with E-state index < -0.39 is 23.3 Å². The number of hydrogen-bond donors (Lipinski definition) is 3. The highest BCUT2D eigenvalue weighted by molar-refractivity contribution is 9.10. The highest BCUT2D eigenvalue weighted by Crippen LogP contribution is 2.28. The molecule has 1 atom stereocenters. The molecule has 0 aromatic carbocycles. The Hall–Kier alpha value is -2.78. The highest BCUT2D eigenvalue weighted by Gasteiger charge is 2.32. The molecule has 0 saturated carbocycles. The van der Waals surface area contributed by atoms with E-state index in [1.54, 1.807) is 9.80 Å². The number of anilines is 2. The summed E-state index contributed by atoms with van der Waals surface area (Å²) >= 11 is 3.14. The number of carbonyl (C=O) groups excluding carboxylic acids is 1. The van der Waals surface area contributed by atoms with Gasteiger partial charge in [0.1, 0.15) is 4.47 Å². The second-order valence-corrected chi connectivity index (χ2v) is 8.21. The Labute approximate surface area is 200 Å². The second kappa shape index (κ2) is 11.6. The molecule has 1 unspecified atom stereocenters. The zero-order valence-corrected chi connectivity index (χ0v) is 19.5. The molecule has 0 radical (unpaired) electrons. The third-order valence-corrected chi connectivity index (χ3v) is 5.82. The Morgan fingerprint density at radius 2 is 1.91 bits per heavy atom. The lowest BCUT2D eigenvalue weighted by atomic mass is 10.3. The molecule has 1 saturated heterocycles. The quantitative estimate of drug-likeness (QED) is 0.389. The zero-order valence-electron chi connectivity index (χ0n) is 17.9. The van der Waals surface area contributed by atoms with E-state index >= 15 is 0 Å². The first-order chi connectivity index (χ1) is 16.2. The number of halogens is 4. The number of nitrogens with zero attached hydrogens (tertiary/aromatic N) is 5. The molecule has 1 aliphatic rings. The van der Waals surface area contributed by atoms with E-state index in [9.17, 15) is 27.9 Å². The van der Waals surface area contributed by atoms with Crippen LogP contribution in [0.3, 0.4) is 0 Å². The lowest BCUT2D eigenvalue weighted by Crippen LogP contribution is -2.49. The van der Waals surface area contributed by atoms with E-state index in [-0.39, 0.29) is 42.6 Å². The van der Waals surface area contributed by atoms with E-state index in [4.69, 9.17) is 4.74 Å². The van der Waals surface area contributed by atoms with Crippen LogP contribution in [0.4, 0.5) is 24.8 Å². The largest absolute Gasteiger partial charge is 0.419 e. The fraction of sp³-hybridized carbons (Fsp3) is 0.526. The first kappa shape index (κ1) is 25.8. The van der Waals surface area contributed by atoms with Crippen molar-refractivity contribution in [3.63, 3.8) is 0 Å². The van der Waals surface area contributed by atoms with Gasteiger partial charge in [-0.2, -0.15) is 18.3 Å². The number of piperazine rings is 1. The average molecular weight is 550 g/mol. The lowest BCUT2D eigenvalue weighted by Gasteiger charge is -2.34. The molecule has 3 N–H and O–H groups in total. The predicted molar refractivity (Wildman–Crippen MR) is 118 cm³/mol. The normalized spacial score (nSPS) is 15.3. The maximum Gasteiger partial charge on any atom is 0.419 e. The molecule has 186 valence electrons. The molecular formula is C19H23BrF3N7O4. The Bertz CT molecular complexity index is 1010. The number of aromatic amines is 1. The van der Waals surface area contributed by atoms with Crippen molar-refractivity contribution < 1.29 is 27.8 Å². The number of ether oxygens (including phenoxy) is 1. The number of aliphatic hydroxyl groups excluding tert-OH is 1. The molecule has 1 fully saturated rings. The van der Waals surface area contributed by atoms with E-state index in [2.05, 4.69) is 41.4 Å². The molecule has 0 aliphatic carbocycles. The fourth-order valence-corrected chi connectivity index (χ4v) is 3.48. The van der Waals surface area contributed by atoms with Gasteiger partial charge in [-0.05, 0) is 15.9 Å². The molecule has 34 heavy (non-hydrogen) atoms. The van der Waals surface area contributed by atoms with Gasteiger partial charge < -0.3 is 25.0 Å². The molecule has 3 rings (SSSR count). The number of nitrogens with one attached hydrogen (secondary N) is 2. The summed E-state index contributed by atoms with van der Waals surface area (Å²) in [4.78, 5) is 34.9. The first-order valence-corrected chi connectivity index (χ1v) is 11.1. The summed E-state index contributed by atoms with van der Waals surface area (Å²) in [6, 6.07) is -0.512. The van der Waals surface area contributed by atoms with Crippen LogP contribution in [0, 0.1) is 0 Å². The van der Waals surface area contributed by atoms with Crippen molar-refractivity contribution >= 4 is 33.5 Å². The molecule has 0 bridgehead atoms. The van der Waals surface area contributed by atoms with Crippen LogP contribution in [0.5, 0.6) is 0 Å². The minimum atomic E-state index is -4.49. The lowest BCUT2D eigenvalue weighted by molar-refractivity contribution is -0.138. The fourth-order valence-electron chi connectivity index (χ4n) is 3.17. The van der Waals surface area contributed by atoms with Gasteiger partial charge in [-0.25, -0.2) is 15.1 Å². The number of aromatic nitrogens is 4. The Balaban J connectivity index is 1.39. The van der Waals surface area contributed by atoms with Crippen molar-refractivity contribution in [2.75, 3.05) is 56.2 Å². The summed E-state index contributed by atoms with van der Waals surface area (Å²) in [6.45, 7) is 1.53. The summed E-state index contributed by atoms with van der Waals surface area (Å²) in [7, 11) is 0. The van der Waals surface area contributed by atoms with E-state index in [0.29, 0.717) is 31.9 Å². The van der Waals surface area contributed by atoms with Gasteiger partial charge in [-0.15, -0.1) is 0 Å². The van der Waals surface area contributed by atoms with Crippen molar-refractivity contribution in [2.24, 2.45) is 0 Å². The van der Waals surface area contributed by atoms with Crippen LogP contribution >= 0.6 is 15.9 Å². The smallest absolute Gasteiger partial charge is 0.394 e. The van der Waals surface area contributed by atoms with Crippen LogP contribution < -0.4 is 15.8 Å². The van der Waals surface area contributed by atoms with Gasteiger partial charge >= 0.3 is 6.18 Å². The van der Waals surface area contributed by atoms with Gasteiger partial charge in [0.15, 0.2) is 0 Å². The second-order valence-electron chi connectivity index (χ2n) is 7.41. The molecule has 2 aromatic rings. The van der Waals surface area contributed by atoms with E-state index in [1.807, 2.05) is 0 Å². The first-order valence-electron chi connectivity index (χ1n) is 10.3. The number of aliphatic hydroxyl groups is 1. The van der Waals surface area contributed by atoms with Crippen molar-refractivity contribution in [2.45, 2.75) is 18.6 Å². The van der Waals surface area contributed by atoms with Gasteiger partial charge in [0.05, 0.1) is 49.7 Å². The standard InChI is InChI=1S/C19H23BrF3N7O4/c20-16-14(9-26-28-17(16)33)27-13(10-31)11-34-6-1-15(32)29-2-4-30(5-3-29)18-24-7-12(8-25-18)19(21,22)23/h7-9,13,31H,1-6,10-11H2,(H2,27,28,33). The molecular weight excluding hydrogens is 527 g/mol. The summed E-state index contributed by atoms with van der Waals surface area (Å²) in [6.07, 6.45) is -1.47. The molecule has 11 nitrogen and oxygen atoms in total. The van der Waals surface area contributed by atoms with Crippen molar-refractivity contribution in [3.8, 4) is 0 Å². The Morgan fingerprint density at radius 1 is 1.24 bits per heavy atom. The minimum absolute atomic E-state index is 0.0993. The van der Waals surface area contributed by atoms with Crippen LogP contribution in [-0.4, -0.2) is 88.1 Å². The third kappa shape index (κ3) is 6.87. The minimum Gasteiger partial charge on any atom is -0.394 e. The number of rotatable bonds is 9. The van der Waals surface area contributed by atoms with Gasteiger partial charge in [-0.1, -0.05) is 0 Å². The molecule has 0 spiro atoms. The number of carbonyl (C=O) groups is 1. The molecule has 3 heterocycles. The highest BCUT2D eigenvalue weighted by atomic mass is 79.9. The molecule has 2 aromatic heterocycles. The molecule has 1 amide bonds. The Morgan fingerprint density at radius 3 is 2.53 bits per heavy atom. The molecule has 1 aliphatic heterocycles. The van der Waals surface area contributed by atoms with Crippen LogP contribution in [0.2, 0.25) is 0 Å². The van der Waals surface area contributed by atoms with Gasteiger partial charge in [0.2, 0.25) is 11.9 Å². The number of alkyl halides is 3. The average Bonchev–Trinajstić information content (AvgIpc) is 2.83. The monoisotopic (exact) mass is 549 g/mol. The number of hydrogen-bond acceptors (Lipinski definition) is 9. The maximum atomic E-state index is 12.6. The summed E-state index contributed by atoms with van der Waals surface area (Å²) in [5.41, 5.74) is -0.930. The van der Waals surface area contributed by atoms with E-state index in [0.717, 1.165) is 12.4 Å². The SMILES string of the molecule is O=C(CCOCC(CO)Nc1cn[nH]c(=O)c1Br)N1CCN(c2ncc(C(F)(F)F)cn2)CC1. The Kier molecular flexibility index (Phi) is 8.79. The topological polar surface area (TPSA) is 137 Å². The summed E-state index contributed by atoms with van der Waals surface area (Å²) in [5.74, 6) is 0.0660. The van der Waals surface area contributed by atoms with Crippen LogP contribution in [0.15, 0.2) is 27.9 Å². The predicted octanol–water partition coefficient (Wildman–Crippen LogP) is 0.869.